The first-order valence-corrected chi connectivity index (χ1v) is 12.3. The van der Waals surface area contributed by atoms with Crippen molar-refractivity contribution in [2.75, 3.05) is 12.4 Å². The third-order valence-electron chi connectivity index (χ3n) is 6.64. The fourth-order valence-corrected chi connectivity index (χ4v) is 5.00. The van der Waals surface area contributed by atoms with Crippen LogP contribution < -0.4 is 15.6 Å². The van der Waals surface area contributed by atoms with E-state index in [0.29, 0.717) is 23.3 Å². The lowest BCUT2D eigenvalue weighted by Gasteiger charge is -2.20. The van der Waals surface area contributed by atoms with Crippen LogP contribution >= 0.6 is 11.6 Å². The van der Waals surface area contributed by atoms with Gasteiger partial charge in [0.05, 0.1) is 25.5 Å². The van der Waals surface area contributed by atoms with Crippen LogP contribution in [-0.4, -0.2) is 37.5 Å². The van der Waals surface area contributed by atoms with Crippen molar-refractivity contribution in [1.82, 2.24) is 19.3 Å². The van der Waals surface area contributed by atoms with E-state index in [-0.39, 0.29) is 22.4 Å². The lowest BCUT2D eigenvalue weighted by molar-refractivity contribution is 0.0691. The van der Waals surface area contributed by atoms with E-state index in [1.807, 2.05) is 54.9 Å². The molecule has 0 radical (unpaired) electrons. The molecule has 2 N–H and O–H groups in total. The minimum absolute atomic E-state index is 0.0936. The summed E-state index contributed by atoms with van der Waals surface area (Å²) in [5.74, 6) is -0.423. The van der Waals surface area contributed by atoms with E-state index in [1.54, 1.807) is 31.0 Å². The van der Waals surface area contributed by atoms with Gasteiger partial charge in [0, 0.05) is 29.2 Å². The molecular formula is C28H26ClN5O4. The number of methoxy groups -OCH3 is 1. The summed E-state index contributed by atoms with van der Waals surface area (Å²) in [6, 6.07) is 14.4. The van der Waals surface area contributed by atoms with Crippen molar-refractivity contribution in [2.45, 2.75) is 26.4 Å². The molecule has 194 valence electrons. The first-order chi connectivity index (χ1) is 18.2. The van der Waals surface area contributed by atoms with Gasteiger partial charge < -0.3 is 15.2 Å². The molecule has 9 nitrogen and oxygen atoms in total. The summed E-state index contributed by atoms with van der Waals surface area (Å²) >= 11 is 5.93. The zero-order valence-electron chi connectivity index (χ0n) is 21.3. The molecule has 0 aliphatic heterocycles. The van der Waals surface area contributed by atoms with Crippen LogP contribution in [-0.2, 0) is 13.6 Å². The van der Waals surface area contributed by atoms with E-state index in [0.717, 1.165) is 33.2 Å². The molecule has 5 rings (SSSR count). The zero-order chi connectivity index (χ0) is 27.1. The summed E-state index contributed by atoms with van der Waals surface area (Å²) in [5.41, 5.74) is 3.48. The number of aromatic carboxylic acids is 1. The Labute approximate surface area is 223 Å². The summed E-state index contributed by atoms with van der Waals surface area (Å²) < 4.78 is 8.69. The molecular weight excluding hydrogens is 506 g/mol. The molecule has 0 saturated carbocycles. The maximum atomic E-state index is 13.6. The monoisotopic (exact) mass is 531 g/mol. The first-order valence-electron chi connectivity index (χ1n) is 12.0. The van der Waals surface area contributed by atoms with Crippen molar-refractivity contribution in [3.05, 3.63) is 92.6 Å². The van der Waals surface area contributed by atoms with Gasteiger partial charge in [0.25, 0.3) is 5.56 Å². The molecule has 2 aromatic carbocycles. The number of carbonyl (C=O) groups is 1. The molecule has 38 heavy (non-hydrogen) atoms. The van der Waals surface area contributed by atoms with Gasteiger partial charge in [-0.05, 0) is 60.9 Å². The number of aryl methyl sites for hydroxylation is 2. The predicted molar refractivity (Wildman–Crippen MR) is 148 cm³/mol. The van der Waals surface area contributed by atoms with Crippen LogP contribution in [0.1, 0.15) is 40.1 Å². The first kappa shape index (κ1) is 25.3. The van der Waals surface area contributed by atoms with E-state index >= 15 is 0 Å². The zero-order valence-corrected chi connectivity index (χ0v) is 22.1. The molecule has 10 heteroatoms. The molecule has 0 fully saturated rings. The molecule has 5 aromatic rings. The average Bonchev–Trinajstić information content (AvgIpc) is 3.31. The van der Waals surface area contributed by atoms with Crippen LogP contribution in [0.2, 0.25) is 5.15 Å². The van der Waals surface area contributed by atoms with Gasteiger partial charge in [-0.3, -0.25) is 9.36 Å². The number of benzene rings is 2. The van der Waals surface area contributed by atoms with E-state index < -0.39 is 5.97 Å². The highest BCUT2D eigenvalue weighted by molar-refractivity contribution is 6.29. The molecule has 0 spiro atoms. The summed E-state index contributed by atoms with van der Waals surface area (Å²) in [6.45, 7) is 4.32. The second-order valence-corrected chi connectivity index (χ2v) is 9.62. The molecule has 1 atom stereocenters. The van der Waals surface area contributed by atoms with Gasteiger partial charge in [-0.1, -0.05) is 29.8 Å². The minimum Gasteiger partial charge on any atom is -0.497 e. The number of anilines is 1. The summed E-state index contributed by atoms with van der Waals surface area (Å²) in [4.78, 5) is 29.3. The largest absolute Gasteiger partial charge is 0.497 e. The maximum absolute atomic E-state index is 13.6. The standard InChI is InChI=1S/C28H26ClN5O4/c1-15-11-19(16(2)31-22-9-10-23(29)32-25(22)28(36)37)24-20(12-15)27(35)33(3)26-21(24)13-30-34(26)14-17-5-7-18(38-4)8-6-17/h5-13,16,31H,14H2,1-4H3,(H,36,37). The Morgan fingerprint density at radius 3 is 2.58 bits per heavy atom. The number of hydrogen-bond acceptors (Lipinski definition) is 6. The van der Waals surface area contributed by atoms with Gasteiger partial charge >= 0.3 is 5.97 Å². The Morgan fingerprint density at radius 1 is 1.16 bits per heavy atom. The number of aromatic nitrogens is 4. The van der Waals surface area contributed by atoms with Crippen LogP contribution in [0.15, 0.2) is 59.5 Å². The van der Waals surface area contributed by atoms with Gasteiger partial charge in [0.15, 0.2) is 5.69 Å². The summed E-state index contributed by atoms with van der Waals surface area (Å²) in [7, 11) is 3.37. The van der Waals surface area contributed by atoms with E-state index in [1.165, 1.54) is 6.07 Å². The Morgan fingerprint density at radius 2 is 1.89 bits per heavy atom. The predicted octanol–water partition coefficient (Wildman–Crippen LogP) is 5.17. The Balaban J connectivity index is 1.66. The van der Waals surface area contributed by atoms with Crippen molar-refractivity contribution in [3.63, 3.8) is 0 Å². The molecule has 0 aliphatic rings. The number of ether oxygens (including phenoxy) is 1. The van der Waals surface area contributed by atoms with E-state index in [4.69, 9.17) is 16.3 Å². The van der Waals surface area contributed by atoms with Crippen LogP contribution in [0.4, 0.5) is 5.69 Å². The quantitative estimate of drug-likeness (QED) is 0.278. The Hall–Kier alpha value is -4.37. The van der Waals surface area contributed by atoms with Gasteiger partial charge in [-0.2, -0.15) is 5.10 Å². The number of rotatable bonds is 7. The molecule has 0 bridgehead atoms. The molecule has 0 saturated heterocycles. The number of carboxylic acids is 1. The number of carboxylic acid groups (broad SMARTS) is 1. The van der Waals surface area contributed by atoms with Crippen molar-refractivity contribution >= 4 is 45.1 Å². The molecule has 0 amide bonds. The van der Waals surface area contributed by atoms with Gasteiger partial charge in [-0.25, -0.2) is 14.5 Å². The van der Waals surface area contributed by atoms with E-state index in [2.05, 4.69) is 15.4 Å². The fraction of sp³-hybridized carbons (Fsp3) is 0.214. The number of nitrogens with one attached hydrogen (secondary N) is 1. The lowest BCUT2D eigenvalue weighted by atomic mass is 9.95. The molecule has 1 unspecified atom stereocenters. The van der Waals surface area contributed by atoms with Crippen LogP contribution in [0.25, 0.3) is 21.8 Å². The average molecular weight is 532 g/mol. The van der Waals surface area contributed by atoms with Gasteiger partial charge in [0.2, 0.25) is 0 Å². The number of nitrogens with zero attached hydrogens (tertiary/aromatic N) is 4. The highest BCUT2D eigenvalue weighted by Gasteiger charge is 2.21. The Bertz CT molecular complexity index is 1760. The number of fused-ring (bicyclic) bond motifs is 3. The van der Waals surface area contributed by atoms with Crippen LogP contribution in [0, 0.1) is 6.92 Å². The highest BCUT2D eigenvalue weighted by Crippen LogP contribution is 2.33. The Kier molecular flexibility index (Phi) is 6.54. The topological polar surface area (TPSA) is 111 Å². The summed E-state index contributed by atoms with van der Waals surface area (Å²) in [6.07, 6.45) is 1.78. The normalized spacial score (nSPS) is 12.1. The number of hydrogen-bond donors (Lipinski definition) is 2. The van der Waals surface area contributed by atoms with Gasteiger partial charge in [0.1, 0.15) is 16.5 Å². The molecule has 3 aromatic heterocycles. The lowest BCUT2D eigenvalue weighted by Crippen LogP contribution is -2.21. The summed E-state index contributed by atoms with van der Waals surface area (Å²) in [5, 5.41) is 19.8. The smallest absolute Gasteiger partial charge is 0.356 e. The highest BCUT2D eigenvalue weighted by atomic mass is 35.5. The second kappa shape index (κ2) is 9.83. The van der Waals surface area contributed by atoms with Crippen molar-refractivity contribution in [3.8, 4) is 5.75 Å². The third-order valence-corrected chi connectivity index (χ3v) is 6.85. The molecule has 3 heterocycles. The third kappa shape index (κ3) is 4.45. The number of halogens is 1. The van der Waals surface area contributed by atoms with Gasteiger partial charge in [-0.15, -0.1) is 0 Å². The number of pyridine rings is 2. The fourth-order valence-electron chi connectivity index (χ4n) is 4.86. The SMILES string of the molecule is COc1ccc(Cn2ncc3c4c(C(C)Nc5ccc(Cl)nc5C(=O)O)cc(C)cc4c(=O)n(C)c32)cc1. The van der Waals surface area contributed by atoms with Crippen molar-refractivity contribution in [2.24, 2.45) is 7.05 Å². The second-order valence-electron chi connectivity index (χ2n) is 9.23. The minimum atomic E-state index is -1.19. The van der Waals surface area contributed by atoms with E-state index in [9.17, 15) is 14.7 Å². The maximum Gasteiger partial charge on any atom is 0.356 e. The van der Waals surface area contributed by atoms with Crippen molar-refractivity contribution in [1.29, 1.82) is 0 Å². The van der Waals surface area contributed by atoms with Crippen molar-refractivity contribution < 1.29 is 14.6 Å². The van der Waals surface area contributed by atoms with Crippen LogP contribution in [0.3, 0.4) is 0 Å². The molecule has 0 aliphatic carbocycles. The van der Waals surface area contributed by atoms with Crippen LogP contribution in [0.5, 0.6) is 5.75 Å².